The van der Waals surface area contributed by atoms with Crippen LogP contribution in [0.25, 0.3) is 0 Å². The predicted molar refractivity (Wildman–Crippen MR) is 144 cm³/mol. The number of hydrogen-bond acceptors (Lipinski definition) is 10. The number of aryl methyl sites for hydroxylation is 3. The third-order valence-corrected chi connectivity index (χ3v) is 6.67. The van der Waals surface area contributed by atoms with Crippen molar-refractivity contribution < 1.29 is 61.9 Å². The number of hydrogen-bond donors (Lipinski definition) is 4. The average Bonchev–Trinajstić information content (AvgIpc) is 3.45. The summed E-state index contributed by atoms with van der Waals surface area (Å²) < 4.78 is 33.1. The Balaban J connectivity index is 0.000000203. The van der Waals surface area contributed by atoms with Crippen molar-refractivity contribution in [3.05, 3.63) is 28.8 Å². The van der Waals surface area contributed by atoms with Gasteiger partial charge in [0.05, 0.1) is 13.2 Å². The molecule has 4 N–H and O–H groups in total. The summed E-state index contributed by atoms with van der Waals surface area (Å²) in [5.74, 6) is 0. The number of aliphatic hydroxyl groups excluding tert-OH is 4. The minimum atomic E-state index is -1.15. The van der Waals surface area contributed by atoms with E-state index in [4.69, 9.17) is 33.4 Å². The van der Waals surface area contributed by atoms with Crippen LogP contribution in [0.15, 0.2) is 12.1 Å². The van der Waals surface area contributed by atoms with Crippen LogP contribution in [-0.4, -0.2) is 102 Å². The van der Waals surface area contributed by atoms with Crippen LogP contribution < -0.4 is 18.7 Å². The van der Waals surface area contributed by atoms with Gasteiger partial charge >= 0.3 is 57.6 Å². The van der Waals surface area contributed by atoms with Crippen molar-refractivity contribution in [2.75, 3.05) is 13.2 Å². The minimum absolute atomic E-state index is 0. The van der Waals surface area contributed by atoms with Gasteiger partial charge in [0.15, 0.2) is 12.6 Å². The first-order chi connectivity index (χ1) is 16.7. The number of halogens is 3. The van der Waals surface area contributed by atoms with Gasteiger partial charge in [-0.2, -0.15) is 0 Å². The Morgan fingerprint density at radius 3 is 1.94 bits per heavy atom. The van der Waals surface area contributed by atoms with Crippen molar-refractivity contribution in [3.8, 4) is 0 Å². The summed E-state index contributed by atoms with van der Waals surface area (Å²) in [6.07, 6.45) is -6.86. The minimum Gasteiger partial charge on any atom is -0.387 e. The van der Waals surface area contributed by atoms with E-state index >= 15 is 0 Å². The molecule has 1 aromatic carbocycles. The van der Waals surface area contributed by atoms with E-state index in [0.29, 0.717) is 19.9 Å². The van der Waals surface area contributed by atoms with Gasteiger partial charge in [0.2, 0.25) is 0 Å². The Bertz CT molecular complexity index is 821. The second-order valence-corrected chi connectivity index (χ2v) is 25.4. The molecule has 5 aliphatic rings. The number of ether oxygens (including phenoxy) is 4. The largest absolute Gasteiger partial charge is 0.387 e. The van der Waals surface area contributed by atoms with Crippen molar-refractivity contribution in [2.24, 2.45) is 0 Å². The maximum Gasteiger partial charge on any atom is 0.186 e. The summed E-state index contributed by atoms with van der Waals surface area (Å²) in [7, 11) is -0.473. The van der Waals surface area contributed by atoms with Crippen molar-refractivity contribution in [1.82, 2.24) is 0 Å². The van der Waals surface area contributed by atoms with Gasteiger partial charge in [0.1, 0.15) is 48.8 Å². The van der Waals surface area contributed by atoms with Crippen LogP contribution in [0.2, 0.25) is 0 Å². The molecule has 206 valence electrons. The summed E-state index contributed by atoms with van der Waals surface area (Å²) in [5.41, 5.74) is 4.54. The molecule has 36 heavy (non-hydrogen) atoms. The predicted octanol–water partition coefficient (Wildman–Crippen LogP) is -2.56. The maximum atomic E-state index is 10.3. The molecule has 10 nitrogen and oxygen atoms in total. The topological polar surface area (TPSA) is 136 Å². The molecule has 0 radical (unpaired) electrons. The summed E-state index contributed by atoms with van der Waals surface area (Å²) in [6, 6.07) is 4.24. The van der Waals surface area contributed by atoms with Crippen molar-refractivity contribution in [3.63, 3.8) is 0 Å². The third kappa shape index (κ3) is 6.51. The van der Waals surface area contributed by atoms with Crippen LogP contribution >= 0.6 is 37.2 Å². The Morgan fingerprint density at radius 2 is 1.31 bits per heavy atom. The molecule has 14 heteroatoms. The van der Waals surface area contributed by atoms with Crippen LogP contribution in [0, 0.1) is 20.8 Å². The fraction of sp³-hybridized carbons (Fsp3) is 0.727. The molecule has 0 spiro atoms. The number of fused-ring (bicyclic) bond motifs is 8. The molecule has 6 rings (SSSR count). The molecule has 0 aromatic heterocycles. The summed E-state index contributed by atoms with van der Waals surface area (Å²) in [6.45, 7) is 6.88. The molecule has 5 aliphatic heterocycles. The number of rotatable bonds is 1. The second kappa shape index (κ2) is 13.6. The molecule has 0 amide bonds. The number of benzene rings is 1. The van der Waals surface area contributed by atoms with Gasteiger partial charge in [0.25, 0.3) is 0 Å². The second-order valence-electron chi connectivity index (χ2n) is 9.11. The van der Waals surface area contributed by atoms with Crippen molar-refractivity contribution >= 4 is 49.8 Å². The van der Waals surface area contributed by atoms with Gasteiger partial charge in [-0.15, -0.1) is 0 Å². The van der Waals surface area contributed by atoms with E-state index in [1.165, 1.54) is 5.56 Å². The van der Waals surface area contributed by atoms with Crippen molar-refractivity contribution in [2.45, 2.75) is 89.6 Å². The molecule has 0 aliphatic carbocycles. The van der Waals surface area contributed by atoms with Crippen molar-refractivity contribution in [1.29, 1.82) is 0 Å². The molecule has 10 atom stereocenters. The Morgan fingerprint density at radius 1 is 0.778 bits per heavy atom. The van der Waals surface area contributed by atoms with Gasteiger partial charge in [-0.3, -0.25) is 0 Å². The van der Waals surface area contributed by atoms with E-state index in [1.807, 2.05) is 0 Å². The standard InChI is InChI=1S/C15H19BO5.C6H10O5.CH4.I3/c1-7-4-8(2)11(9(3)5-7)16-20-13-10-6-18-15(19-10)14(21-16)12(13)17;7-3-2-1-10-6(11-2)5(9)4(3)8;;1-3-2/h4-5,10,12-15,17H,6H2,1-3H3;2-9H,1H2;1H4;/q;;;-1/t10-,12+,13-,14-,15-;2-,3-,4+,5-,6-;;/m11../s1. The number of aliphatic hydroxyl groups is 4. The van der Waals surface area contributed by atoms with E-state index < -0.39 is 62.4 Å². The zero-order chi connectivity index (χ0) is 25.4. The van der Waals surface area contributed by atoms with Crippen LogP contribution in [0.1, 0.15) is 24.1 Å². The quantitative estimate of drug-likeness (QED) is 0.177. The Labute approximate surface area is 241 Å². The van der Waals surface area contributed by atoms with E-state index in [9.17, 15) is 15.3 Å². The fourth-order valence-corrected chi connectivity index (χ4v) is 5.06. The van der Waals surface area contributed by atoms with Crippen LogP contribution in [0.4, 0.5) is 0 Å². The molecule has 6 bridgehead atoms. The average molecular weight is 849 g/mol. The van der Waals surface area contributed by atoms with Crippen LogP contribution in [0.3, 0.4) is 0 Å². The molecular weight excluding hydrogens is 816 g/mol. The van der Waals surface area contributed by atoms with E-state index in [1.54, 1.807) is 0 Å². The Hall–Kier alpha value is 1.07. The SMILES string of the molecule is C.Cc1cc(C)c(B2O[C@H]3[C@@H]4OC[C@@H](O4)[C@@H](O2)[C@@H]3O)c(C)c1.I[I-]I.O[C@@H]1[C@@H](O)[C@@H]2OC[C@@H](O2)[C@H]1O. The molecule has 5 heterocycles. The monoisotopic (exact) mass is 849 g/mol. The molecule has 5 saturated heterocycles. The first-order valence-electron chi connectivity index (χ1n) is 11.2. The van der Waals surface area contributed by atoms with E-state index in [-0.39, 0.29) is 20.1 Å². The van der Waals surface area contributed by atoms with Gasteiger partial charge < -0.3 is 48.7 Å². The van der Waals surface area contributed by atoms with Gasteiger partial charge in [0, 0.05) is 0 Å². The zero-order valence-electron chi connectivity index (χ0n) is 19.3. The first-order valence-corrected chi connectivity index (χ1v) is 23.8. The molecule has 5 fully saturated rings. The normalized spacial score (nSPS) is 40.0. The summed E-state index contributed by atoms with van der Waals surface area (Å²) in [4.78, 5) is 0. The molecule has 1 aromatic rings. The van der Waals surface area contributed by atoms with Gasteiger partial charge in [-0.25, -0.2) is 0 Å². The van der Waals surface area contributed by atoms with Crippen LogP contribution in [0.5, 0.6) is 0 Å². The third-order valence-electron chi connectivity index (χ3n) is 6.67. The van der Waals surface area contributed by atoms with Crippen LogP contribution in [-0.2, 0) is 28.3 Å². The smallest absolute Gasteiger partial charge is 0.186 e. The van der Waals surface area contributed by atoms with E-state index in [2.05, 4.69) is 70.1 Å². The zero-order valence-corrected chi connectivity index (χ0v) is 25.8. The fourth-order valence-electron chi connectivity index (χ4n) is 5.06. The molecular formula is C22H33BI3O10-. The van der Waals surface area contributed by atoms with E-state index in [0.717, 1.165) is 16.6 Å². The summed E-state index contributed by atoms with van der Waals surface area (Å²) >= 11 is 5.30. The van der Waals surface area contributed by atoms with Gasteiger partial charge in [-0.1, -0.05) is 36.2 Å². The molecule has 0 saturated carbocycles. The summed E-state index contributed by atoms with van der Waals surface area (Å²) in [5, 5.41) is 37.9. The Kier molecular flexibility index (Phi) is 12.0. The molecule has 0 unspecified atom stereocenters. The first kappa shape index (κ1) is 31.6. The maximum absolute atomic E-state index is 10.3. The van der Waals surface area contributed by atoms with Gasteiger partial charge in [-0.05, 0) is 26.2 Å².